The van der Waals surface area contributed by atoms with Crippen LogP contribution in [-0.4, -0.2) is 39.2 Å². The highest BCUT2D eigenvalue weighted by Crippen LogP contribution is 2.15. The average molecular weight is 320 g/mol. The lowest BCUT2D eigenvalue weighted by Crippen LogP contribution is -2.36. The predicted octanol–water partition coefficient (Wildman–Crippen LogP) is 2.33. The van der Waals surface area contributed by atoms with Gasteiger partial charge in [-0.15, -0.1) is 0 Å². The fraction of sp³-hybridized carbons (Fsp3) is 0.636. The van der Waals surface area contributed by atoms with Gasteiger partial charge in [0.1, 0.15) is 16.2 Å². The van der Waals surface area contributed by atoms with Crippen molar-refractivity contribution in [2.45, 2.75) is 25.9 Å². The van der Waals surface area contributed by atoms with Crippen LogP contribution in [0.4, 0.5) is 5.82 Å². The van der Waals surface area contributed by atoms with Crippen molar-refractivity contribution < 1.29 is 5.11 Å². The van der Waals surface area contributed by atoms with E-state index in [4.69, 9.17) is 0 Å². The number of hydrogen-bond donors (Lipinski definition) is 2. The number of nitrogens with zero attached hydrogens (tertiary/aromatic N) is 2. The van der Waals surface area contributed by atoms with Crippen LogP contribution >= 0.6 is 27.7 Å². The molecule has 0 aromatic carbocycles. The molecule has 1 aromatic rings. The Kier molecular flexibility index (Phi) is 5.69. The van der Waals surface area contributed by atoms with E-state index in [2.05, 4.69) is 31.2 Å². The zero-order valence-corrected chi connectivity index (χ0v) is 12.7. The van der Waals surface area contributed by atoms with Gasteiger partial charge in [0.05, 0.1) is 5.60 Å². The van der Waals surface area contributed by atoms with Crippen molar-refractivity contribution in [3.05, 3.63) is 16.5 Å². The Hall–Kier alpha value is -0.330. The van der Waals surface area contributed by atoms with Crippen LogP contribution in [-0.2, 0) is 6.42 Å². The summed E-state index contributed by atoms with van der Waals surface area (Å²) in [5, 5.41) is 13.2. The molecule has 2 N–H and O–H groups in total. The highest BCUT2D eigenvalue weighted by Gasteiger charge is 2.19. The van der Waals surface area contributed by atoms with Crippen molar-refractivity contribution in [1.82, 2.24) is 9.97 Å². The minimum Gasteiger partial charge on any atom is -0.387 e. The largest absolute Gasteiger partial charge is 0.387 e. The molecule has 0 aliphatic carbocycles. The molecule has 17 heavy (non-hydrogen) atoms. The topological polar surface area (TPSA) is 58.0 Å². The SMILES string of the molecule is CCc1nc(Br)cc(NCC(C)(O)CSC)n1. The Morgan fingerprint density at radius 2 is 2.24 bits per heavy atom. The van der Waals surface area contributed by atoms with E-state index in [1.165, 1.54) is 0 Å². The van der Waals surface area contributed by atoms with Crippen molar-refractivity contribution in [2.24, 2.45) is 0 Å². The summed E-state index contributed by atoms with van der Waals surface area (Å²) in [6.07, 6.45) is 2.76. The normalized spacial score (nSPS) is 14.4. The number of nitrogens with one attached hydrogen (secondary N) is 1. The van der Waals surface area contributed by atoms with Crippen molar-refractivity contribution in [2.75, 3.05) is 23.9 Å². The molecule has 0 fully saturated rings. The highest BCUT2D eigenvalue weighted by atomic mass is 79.9. The Balaban J connectivity index is 2.65. The van der Waals surface area contributed by atoms with Gasteiger partial charge in [0.15, 0.2) is 0 Å². The van der Waals surface area contributed by atoms with Crippen LogP contribution in [0.5, 0.6) is 0 Å². The Morgan fingerprint density at radius 1 is 1.53 bits per heavy atom. The third-order valence-corrected chi connectivity index (χ3v) is 3.48. The summed E-state index contributed by atoms with van der Waals surface area (Å²) in [5.74, 6) is 2.21. The number of aryl methyl sites for hydroxylation is 1. The molecular formula is C11H18BrN3OS. The highest BCUT2D eigenvalue weighted by molar-refractivity contribution is 9.10. The molecule has 1 rings (SSSR count). The fourth-order valence-electron chi connectivity index (χ4n) is 1.36. The first-order chi connectivity index (χ1) is 7.96. The quantitative estimate of drug-likeness (QED) is 0.788. The molecule has 96 valence electrons. The summed E-state index contributed by atoms with van der Waals surface area (Å²) < 4.78 is 0.761. The summed E-state index contributed by atoms with van der Waals surface area (Å²) in [6.45, 7) is 4.29. The maximum absolute atomic E-state index is 10.0. The van der Waals surface area contributed by atoms with E-state index >= 15 is 0 Å². The van der Waals surface area contributed by atoms with Gasteiger partial charge in [0.2, 0.25) is 0 Å². The van der Waals surface area contributed by atoms with Crippen LogP contribution in [0, 0.1) is 0 Å². The Morgan fingerprint density at radius 3 is 2.82 bits per heavy atom. The molecule has 4 nitrogen and oxygen atoms in total. The second kappa shape index (κ2) is 6.56. The van der Waals surface area contributed by atoms with Gasteiger partial charge in [-0.1, -0.05) is 6.92 Å². The molecule has 1 aromatic heterocycles. The van der Waals surface area contributed by atoms with Crippen LogP contribution in [0.2, 0.25) is 0 Å². The fourth-order valence-corrected chi connectivity index (χ4v) is 2.50. The molecule has 0 spiro atoms. The number of thioether (sulfide) groups is 1. The lowest BCUT2D eigenvalue weighted by molar-refractivity contribution is 0.0996. The van der Waals surface area contributed by atoms with Gasteiger partial charge in [0, 0.05) is 24.8 Å². The molecule has 0 saturated carbocycles. The van der Waals surface area contributed by atoms with E-state index in [1.54, 1.807) is 11.8 Å². The summed E-state index contributed by atoms with van der Waals surface area (Å²) in [5.41, 5.74) is -0.733. The van der Waals surface area contributed by atoms with Crippen LogP contribution in [0.1, 0.15) is 19.7 Å². The van der Waals surface area contributed by atoms with Crippen molar-refractivity contribution >= 4 is 33.5 Å². The number of hydrogen-bond acceptors (Lipinski definition) is 5. The van der Waals surface area contributed by atoms with E-state index in [-0.39, 0.29) is 0 Å². The van der Waals surface area contributed by atoms with Crippen LogP contribution in [0.3, 0.4) is 0 Å². The number of aliphatic hydroxyl groups is 1. The zero-order valence-electron chi connectivity index (χ0n) is 10.3. The maximum atomic E-state index is 10.0. The minimum atomic E-state index is -0.733. The number of rotatable bonds is 6. The van der Waals surface area contributed by atoms with E-state index in [0.717, 1.165) is 22.7 Å². The van der Waals surface area contributed by atoms with E-state index in [9.17, 15) is 5.11 Å². The molecule has 1 atom stereocenters. The third-order valence-electron chi connectivity index (χ3n) is 2.16. The second-order valence-corrected chi connectivity index (χ2v) is 5.81. The standard InChI is InChI=1S/C11H18BrN3OS/c1-4-9-14-8(12)5-10(15-9)13-6-11(2,16)7-17-3/h5,16H,4,6-7H2,1-3H3,(H,13,14,15). The van der Waals surface area contributed by atoms with Gasteiger partial charge in [0.25, 0.3) is 0 Å². The molecule has 0 saturated heterocycles. The van der Waals surface area contributed by atoms with Gasteiger partial charge >= 0.3 is 0 Å². The monoisotopic (exact) mass is 319 g/mol. The van der Waals surface area contributed by atoms with Crippen molar-refractivity contribution in [3.8, 4) is 0 Å². The first-order valence-corrected chi connectivity index (χ1v) is 7.64. The number of anilines is 1. The molecule has 1 heterocycles. The summed E-state index contributed by atoms with van der Waals surface area (Å²) in [7, 11) is 0. The lowest BCUT2D eigenvalue weighted by atomic mass is 10.1. The van der Waals surface area contributed by atoms with E-state index in [1.807, 2.05) is 26.2 Å². The smallest absolute Gasteiger partial charge is 0.131 e. The van der Waals surface area contributed by atoms with Crippen LogP contribution < -0.4 is 5.32 Å². The predicted molar refractivity (Wildman–Crippen MR) is 76.6 cm³/mol. The Bertz CT molecular complexity index is 374. The maximum Gasteiger partial charge on any atom is 0.131 e. The summed E-state index contributed by atoms with van der Waals surface area (Å²) in [4.78, 5) is 8.58. The van der Waals surface area contributed by atoms with Gasteiger partial charge in [-0.2, -0.15) is 11.8 Å². The molecular weight excluding hydrogens is 302 g/mol. The van der Waals surface area contributed by atoms with Gasteiger partial charge in [-0.05, 0) is 29.1 Å². The van der Waals surface area contributed by atoms with E-state index < -0.39 is 5.60 Å². The van der Waals surface area contributed by atoms with Gasteiger partial charge in [-0.25, -0.2) is 9.97 Å². The summed E-state index contributed by atoms with van der Waals surface area (Å²) >= 11 is 4.97. The molecule has 0 bridgehead atoms. The minimum absolute atomic E-state index is 0.473. The number of aromatic nitrogens is 2. The van der Waals surface area contributed by atoms with Crippen LogP contribution in [0.15, 0.2) is 10.7 Å². The first-order valence-electron chi connectivity index (χ1n) is 5.45. The van der Waals surface area contributed by atoms with Gasteiger partial charge in [-0.3, -0.25) is 0 Å². The Labute approximate surface area is 115 Å². The number of halogens is 1. The van der Waals surface area contributed by atoms with Crippen molar-refractivity contribution in [1.29, 1.82) is 0 Å². The molecule has 0 radical (unpaired) electrons. The summed E-state index contributed by atoms with van der Waals surface area (Å²) in [6, 6.07) is 1.81. The molecule has 0 aliphatic rings. The lowest BCUT2D eigenvalue weighted by Gasteiger charge is -2.22. The second-order valence-electron chi connectivity index (χ2n) is 4.13. The molecule has 0 amide bonds. The third kappa shape index (κ3) is 5.23. The van der Waals surface area contributed by atoms with Gasteiger partial charge < -0.3 is 10.4 Å². The first kappa shape index (κ1) is 14.7. The van der Waals surface area contributed by atoms with E-state index in [0.29, 0.717) is 12.3 Å². The van der Waals surface area contributed by atoms with Crippen LogP contribution in [0.25, 0.3) is 0 Å². The molecule has 0 aliphatic heterocycles. The molecule has 6 heteroatoms. The molecule has 1 unspecified atom stereocenters. The zero-order chi connectivity index (χ0) is 12.9. The van der Waals surface area contributed by atoms with Crippen molar-refractivity contribution in [3.63, 3.8) is 0 Å². The average Bonchev–Trinajstić information content (AvgIpc) is 2.26.